The summed E-state index contributed by atoms with van der Waals surface area (Å²) in [4.78, 5) is 40.3. The van der Waals surface area contributed by atoms with Crippen LogP contribution in [0.5, 0.6) is 0 Å². The molecule has 3 amide bonds. The molecule has 0 spiro atoms. The Hall–Kier alpha value is -1.39. The number of rotatable bonds is 0. The molecule has 0 aromatic heterocycles. The molecule has 0 saturated carbocycles. The molecule has 0 radical (unpaired) electrons. The van der Waals surface area contributed by atoms with Gasteiger partial charge >= 0.3 is 0 Å². The maximum atomic E-state index is 12.8. The highest BCUT2D eigenvalue weighted by Crippen LogP contribution is 2.39. The van der Waals surface area contributed by atoms with E-state index in [9.17, 15) is 14.4 Å². The minimum absolute atomic E-state index is 0.0237. The van der Waals surface area contributed by atoms with Crippen LogP contribution in [0.25, 0.3) is 0 Å². The topological polar surface area (TPSA) is 57.7 Å². The van der Waals surface area contributed by atoms with E-state index in [2.05, 4.69) is 0 Å². The first kappa shape index (κ1) is 15.0. The first-order chi connectivity index (χ1) is 8.94. The minimum Gasteiger partial charge on any atom is -0.325 e. The van der Waals surface area contributed by atoms with Crippen LogP contribution < -0.4 is 0 Å². The second-order valence-electron chi connectivity index (χ2n) is 7.79. The summed E-state index contributed by atoms with van der Waals surface area (Å²) in [5, 5.41) is 0. The molecule has 0 N–H and O–H groups in total. The SMILES string of the molecule is CC(C)(C)N1C(=O)CC2CC(=O)N(C(C)(C)C)C2C1=O. The number of amides is 3. The smallest absolute Gasteiger partial charge is 0.252 e. The summed E-state index contributed by atoms with van der Waals surface area (Å²) < 4.78 is 0. The van der Waals surface area contributed by atoms with Crippen LogP contribution >= 0.6 is 0 Å². The van der Waals surface area contributed by atoms with Gasteiger partial charge in [-0.2, -0.15) is 0 Å². The summed E-state index contributed by atoms with van der Waals surface area (Å²) in [7, 11) is 0. The Morgan fingerprint density at radius 3 is 1.80 bits per heavy atom. The molecule has 0 bridgehead atoms. The molecule has 2 rings (SSSR count). The Labute approximate surface area is 120 Å². The molecule has 2 saturated heterocycles. The third-order valence-corrected chi connectivity index (χ3v) is 3.98. The van der Waals surface area contributed by atoms with E-state index in [1.807, 2.05) is 41.5 Å². The van der Waals surface area contributed by atoms with E-state index in [0.717, 1.165) is 0 Å². The van der Waals surface area contributed by atoms with Crippen LogP contribution in [0, 0.1) is 5.92 Å². The van der Waals surface area contributed by atoms with Gasteiger partial charge in [-0.25, -0.2) is 0 Å². The molecule has 20 heavy (non-hydrogen) atoms. The molecule has 2 fully saturated rings. The maximum Gasteiger partial charge on any atom is 0.252 e. The van der Waals surface area contributed by atoms with Crippen molar-refractivity contribution in [2.75, 3.05) is 0 Å². The van der Waals surface area contributed by atoms with Gasteiger partial charge in [-0.05, 0) is 41.5 Å². The van der Waals surface area contributed by atoms with Crippen LogP contribution in [-0.4, -0.2) is 44.6 Å². The largest absolute Gasteiger partial charge is 0.325 e. The van der Waals surface area contributed by atoms with Crippen LogP contribution in [-0.2, 0) is 14.4 Å². The van der Waals surface area contributed by atoms with Gasteiger partial charge in [-0.3, -0.25) is 19.3 Å². The van der Waals surface area contributed by atoms with Gasteiger partial charge in [-0.1, -0.05) is 0 Å². The fraction of sp³-hybridized carbons (Fsp3) is 0.800. The van der Waals surface area contributed by atoms with E-state index in [0.29, 0.717) is 6.42 Å². The molecule has 2 unspecified atom stereocenters. The number of piperidine rings is 1. The summed E-state index contributed by atoms with van der Waals surface area (Å²) in [6.07, 6.45) is 0.587. The first-order valence-corrected chi connectivity index (χ1v) is 7.13. The average molecular weight is 280 g/mol. The zero-order chi connectivity index (χ0) is 15.5. The molecule has 5 nitrogen and oxygen atoms in total. The van der Waals surface area contributed by atoms with E-state index >= 15 is 0 Å². The standard InChI is InChI=1S/C15H24N2O3/c1-14(2,3)16-10(18)7-9-8-11(19)17(15(4,5)6)13(20)12(9)16/h9,12H,7-8H2,1-6H3. The minimum atomic E-state index is -0.547. The van der Waals surface area contributed by atoms with Crippen molar-refractivity contribution < 1.29 is 14.4 Å². The highest BCUT2D eigenvalue weighted by molar-refractivity contribution is 6.05. The molecule has 2 heterocycles. The van der Waals surface area contributed by atoms with Crippen molar-refractivity contribution in [1.82, 2.24) is 9.80 Å². The lowest BCUT2D eigenvalue weighted by Gasteiger charge is -2.45. The molecule has 0 aromatic carbocycles. The number of fused-ring (bicyclic) bond motifs is 1. The number of imide groups is 1. The van der Waals surface area contributed by atoms with Gasteiger partial charge in [0, 0.05) is 29.8 Å². The van der Waals surface area contributed by atoms with Crippen molar-refractivity contribution >= 4 is 17.7 Å². The summed E-state index contributed by atoms with van der Waals surface area (Å²) in [5.74, 6) is -0.573. The number of carbonyl (C=O) groups is 3. The maximum absolute atomic E-state index is 12.8. The molecule has 2 aliphatic heterocycles. The Kier molecular flexibility index (Phi) is 3.23. The predicted octanol–water partition coefficient (Wildman–Crippen LogP) is 1.56. The van der Waals surface area contributed by atoms with Crippen molar-refractivity contribution in [3.63, 3.8) is 0 Å². The van der Waals surface area contributed by atoms with Crippen LogP contribution in [0.2, 0.25) is 0 Å². The van der Waals surface area contributed by atoms with Crippen molar-refractivity contribution in [3.8, 4) is 0 Å². The zero-order valence-electron chi connectivity index (χ0n) is 13.2. The fourth-order valence-electron chi connectivity index (χ4n) is 3.36. The third-order valence-electron chi connectivity index (χ3n) is 3.98. The van der Waals surface area contributed by atoms with E-state index in [4.69, 9.17) is 0 Å². The summed E-state index contributed by atoms with van der Waals surface area (Å²) in [5.41, 5.74) is -0.954. The summed E-state index contributed by atoms with van der Waals surface area (Å²) in [6, 6.07) is -0.487. The second-order valence-corrected chi connectivity index (χ2v) is 7.79. The van der Waals surface area contributed by atoms with Crippen LogP contribution in [0.1, 0.15) is 54.4 Å². The molecule has 0 aliphatic carbocycles. The third kappa shape index (κ3) is 2.23. The highest BCUT2D eigenvalue weighted by atomic mass is 16.2. The molecule has 0 aromatic rings. The van der Waals surface area contributed by atoms with Crippen molar-refractivity contribution in [2.45, 2.75) is 71.5 Å². The molecule has 2 aliphatic rings. The van der Waals surface area contributed by atoms with Gasteiger partial charge in [0.1, 0.15) is 6.04 Å². The van der Waals surface area contributed by atoms with Crippen LogP contribution in [0.15, 0.2) is 0 Å². The number of carbonyl (C=O) groups excluding carboxylic acids is 3. The first-order valence-electron chi connectivity index (χ1n) is 7.13. The highest BCUT2D eigenvalue weighted by Gasteiger charge is 2.55. The molecular formula is C15H24N2O3. The molecule has 112 valence electrons. The van der Waals surface area contributed by atoms with Crippen LogP contribution in [0.4, 0.5) is 0 Å². The number of hydrogen-bond donors (Lipinski definition) is 0. The quantitative estimate of drug-likeness (QED) is 0.633. The lowest BCUT2D eigenvalue weighted by molar-refractivity contribution is -0.163. The van der Waals surface area contributed by atoms with Gasteiger partial charge < -0.3 is 4.90 Å². The van der Waals surface area contributed by atoms with Crippen molar-refractivity contribution in [1.29, 1.82) is 0 Å². The monoisotopic (exact) mass is 280 g/mol. The number of hydrogen-bond acceptors (Lipinski definition) is 3. The predicted molar refractivity (Wildman–Crippen MR) is 74.7 cm³/mol. The van der Waals surface area contributed by atoms with Crippen LogP contribution in [0.3, 0.4) is 0 Å². The Balaban J connectivity index is 2.42. The molecule has 5 heteroatoms. The van der Waals surface area contributed by atoms with E-state index in [-0.39, 0.29) is 30.1 Å². The summed E-state index contributed by atoms with van der Waals surface area (Å²) in [6.45, 7) is 11.3. The van der Waals surface area contributed by atoms with Gasteiger partial charge in [0.25, 0.3) is 5.91 Å². The lowest BCUT2D eigenvalue weighted by atomic mass is 9.87. The lowest BCUT2D eigenvalue weighted by Crippen LogP contribution is -2.63. The Morgan fingerprint density at radius 2 is 1.35 bits per heavy atom. The Bertz CT molecular complexity index is 470. The number of likely N-dealkylation sites (tertiary alicyclic amines) is 2. The number of nitrogens with zero attached hydrogens (tertiary/aromatic N) is 2. The fourth-order valence-corrected chi connectivity index (χ4v) is 3.36. The average Bonchev–Trinajstić information content (AvgIpc) is 2.51. The van der Waals surface area contributed by atoms with E-state index < -0.39 is 17.1 Å². The second kappa shape index (κ2) is 4.30. The van der Waals surface area contributed by atoms with E-state index in [1.165, 1.54) is 4.90 Å². The normalized spacial score (nSPS) is 28.2. The molecular weight excluding hydrogens is 256 g/mol. The summed E-state index contributed by atoms with van der Waals surface area (Å²) >= 11 is 0. The molecule has 2 atom stereocenters. The zero-order valence-corrected chi connectivity index (χ0v) is 13.2. The van der Waals surface area contributed by atoms with Gasteiger partial charge in [-0.15, -0.1) is 0 Å². The Morgan fingerprint density at radius 1 is 0.850 bits per heavy atom. The van der Waals surface area contributed by atoms with E-state index in [1.54, 1.807) is 4.90 Å². The van der Waals surface area contributed by atoms with Gasteiger partial charge in [0.15, 0.2) is 0 Å². The van der Waals surface area contributed by atoms with Gasteiger partial charge in [0.05, 0.1) is 0 Å². The van der Waals surface area contributed by atoms with Crippen molar-refractivity contribution in [3.05, 3.63) is 0 Å². The van der Waals surface area contributed by atoms with Crippen molar-refractivity contribution in [2.24, 2.45) is 5.92 Å². The van der Waals surface area contributed by atoms with Gasteiger partial charge in [0.2, 0.25) is 11.8 Å².